The standard InChI is InChI=1S/C16H18N4O8/c1-7(21)25-4-10-12(26-8(2)22)13(27-9(3)23)16(28-10)20-6-19-11-14(20)17-5-18-15(11)24/h5-6,10,12-13,16H,4H2,1-3H3,(H,17,18,24). The summed E-state index contributed by atoms with van der Waals surface area (Å²) in [5.74, 6) is -1.83. The number of nitrogens with one attached hydrogen (secondary N) is 1. The molecule has 0 amide bonds. The minimum Gasteiger partial charge on any atom is -0.463 e. The van der Waals surface area contributed by atoms with Crippen LogP contribution >= 0.6 is 0 Å². The number of hydrogen-bond acceptors (Lipinski definition) is 10. The molecule has 1 saturated heterocycles. The molecule has 150 valence electrons. The summed E-state index contributed by atoms with van der Waals surface area (Å²) in [6.45, 7) is 3.36. The summed E-state index contributed by atoms with van der Waals surface area (Å²) in [4.78, 5) is 56.8. The van der Waals surface area contributed by atoms with Crippen LogP contribution in [0.5, 0.6) is 0 Å². The lowest BCUT2D eigenvalue weighted by Gasteiger charge is -2.23. The Hall–Kier alpha value is -3.28. The van der Waals surface area contributed by atoms with E-state index < -0.39 is 48.0 Å². The Balaban J connectivity index is 2.02. The van der Waals surface area contributed by atoms with Crippen molar-refractivity contribution < 1.29 is 33.3 Å². The Kier molecular flexibility index (Phi) is 5.40. The minimum absolute atomic E-state index is 0.0557. The fourth-order valence-electron chi connectivity index (χ4n) is 2.97. The number of carbonyl (C=O) groups is 3. The smallest absolute Gasteiger partial charge is 0.303 e. The van der Waals surface area contributed by atoms with E-state index in [9.17, 15) is 19.2 Å². The van der Waals surface area contributed by atoms with Crippen LogP contribution in [-0.4, -0.2) is 62.3 Å². The SMILES string of the molecule is CC(=O)OCC1OC(n2cnc3c(=O)[nH]cnc32)C(OC(C)=O)C1OC(C)=O. The van der Waals surface area contributed by atoms with Crippen LogP contribution in [0, 0.1) is 0 Å². The van der Waals surface area contributed by atoms with Crippen LogP contribution in [0.25, 0.3) is 11.2 Å². The molecule has 0 spiro atoms. The molecule has 0 radical (unpaired) electrons. The minimum atomic E-state index is -1.08. The van der Waals surface area contributed by atoms with E-state index in [2.05, 4.69) is 15.0 Å². The molecule has 0 bridgehead atoms. The molecule has 3 heterocycles. The normalized spacial score (nSPS) is 24.1. The van der Waals surface area contributed by atoms with Gasteiger partial charge < -0.3 is 23.9 Å². The first kappa shape index (κ1) is 19.5. The maximum absolute atomic E-state index is 11.9. The number of nitrogens with zero attached hydrogens (tertiary/aromatic N) is 3. The van der Waals surface area contributed by atoms with Gasteiger partial charge in [-0.25, -0.2) is 9.97 Å². The zero-order valence-corrected chi connectivity index (χ0v) is 15.3. The second-order valence-corrected chi connectivity index (χ2v) is 6.07. The van der Waals surface area contributed by atoms with Crippen LogP contribution in [0.1, 0.15) is 27.0 Å². The van der Waals surface area contributed by atoms with Crippen LogP contribution < -0.4 is 5.56 Å². The van der Waals surface area contributed by atoms with Crippen molar-refractivity contribution in [2.75, 3.05) is 6.61 Å². The molecule has 0 saturated carbocycles. The van der Waals surface area contributed by atoms with Gasteiger partial charge in [-0.05, 0) is 0 Å². The van der Waals surface area contributed by atoms with Gasteiger partial charge in [0, 0.05) is 20.8 Å². The highest BCUT2D eigenvalue weighted by atomic mass is 16.7. The third-order valence-corrected chi connectivity index (χ3v) is 3.98. The molecule has 28 heavy (non-hydrogen) atoms. The van der Waals surface area contributed by atoms with E-state index in [0.717, 1.165) is 0 Å². The van der Waals surface area contributed by atoms with Gasteiger partial charge in [-0.1, -0.05) is 0 Å². The molecule has 3 rings (SSSR count). The van der Waals surface area contributed by atoms with Crippen LogP contribution in [0.3, 0.4) is 0 Å². The van der Waals surface area contributed by atoms with Crippen molar-refractivity contribution in [1.29, 1.82) is 0 Å². The first-order valence-electron chi connectivity index (χ1n) is 8.31. The first-order chi connectivity index (χ1) is 13.3. The summed E-state index contributed by atoms with van der Waals surface area (Å²) < 4.78 is 22.8. The average Bonchev–Trinajstić information content (AvgIpc) is 3.16. The molecule has 12 heteroatoms. The lowest BCUT2D eigenvalue weighted by atomic mass is 10.1. The van der Waals surface area contributed by atoms with Crippen molar-refractivity contribution in [3.8, 4) is 0 Å². The van der Waals surface area contributed by atoms with Gasteiger partial charge in [0.05, 0.1) is 12.7 Å². The lowest BCUT2D eigenvalue weighted by molar-refractivity contribution is -0.166. The Morgan fingerprint density at radius 1 is 1.11 bits per heavy atom. The molecular formula is C16H18N4O8. The molecule has 1 aliphatic heterocycles. The molecule has 0 aromatic carbocycles. The van der Waals surface area contributed by atoms with E-state index in [0.29, 0.717) is 0 Å². The zero-order chi connectivity index (χ0) is 20.4. The number of imidazole rings is 1. The number of ether oxygens (including phenoxy) is 4. The molecule has 12 nitrogen and oxygen atoms in total. The Morgan fingerprint density at radius 2 is 1.79 bits per heavy atom. The third kappa shape index (κ3) is 3.86. The molecule has 1 aliphatic rings. The second-order valence-electron chi connectivity index (χ2n) is 6.07. The van der Waals surface area contributed by atoms with E-state index in [4.69, 9.17) is 18.9 Å². The molecule has 1 N–H and O–H groups in total. The fourth-order valence-corrected chi connectivity index (χ4v) is 2.97. The molecule has 4 atom stereocenters. The van der Waals surface area contributed by atoms with Gasteiger partial charge in [0.15, 0.2) is 29.6 Å². The van der Waals surface area contributed by atoms with Crippen LogP contribution in [0.2, 0.25) is 0 Å². The number of esters is 3. The summed E-state index contributed by atoms with van der Waals surface area (Å²) in [6.07, 6.45) is -1.58. The molecule has 0 aliphatic carbocycles. The molecule has 1 fully saturated rings. The Labute approximate surface area is 157 Å². The summed E-state index contributed by atoms with van der Waals surface area (Å²) >= 11 is 0. The van der Waals surface area contributed by atoms with Crippen molar-refractivity contribution in [2.24, 2.45) is 0 Å². The van der Waals surface area contributed by atoms with Crippen molar-refractivity contribution in [3.05, 3.63) is 23.0 Å². The summed E-state index contributed by atoms with van der Waals surface area (Å²) in [5, 5.41) is 0. The number of rotatable bonds is 5. The first-order valence-corrected chi connectivity index (χ1v) is 8.31. The maximum Gasteiger partial charge on any atom is 0.303 e. The van der Waals surface area contributed by atoms with Gasteiger partial charge in [-0.15, -0.1) is 0 Å². The highest BCUT2D eigenvalue weighted by Gasteiger charge is 2.51. The van der Waals surface area contributed by atoms with Crippen molar-refractivity contribution in [1.82, 2.24) is 19.5 Å². The monoisotopic (exact) mass is 394 g/mol. The fraction of sp³-hybridized carbons (Fsp3) is 0.500. The summed E-state index contributed by atoms with van der Waals surface area (Å²) in [7, 11) is 0. The van der Waals surface area contributed by atoms with Gasteiger partial charge in [0.2, 0.25) is 0 Å². The van der Waals surface area contributed by atoms with E-state index in [1.807, 2.05) is 0 Å². The van der Waals surface area contributed by atoms with Gasteiger partial charge >= 0.3 is 17.9 Å². The molecule has 4 unspecified atom stereocenters. The summed E-state index contributed by atoms with van der Waals surface area (Å²) in [6, 6.07) is 0. The number of fused-ring (bicyclic) bond motifs is 1. The molecular weight excluding hydrogens is 376 g/mol. The van der Waals surface area contributed by atoms with Crippen molar-refractivity contribution >= 4 is 29.1 Å². The Bertz CT molecular complexity index is 967. The quantitative estimate of drug-likeness (QED) is 0.516. The third-order valence-electron chi connectivity index (χ3n) is 3.98. The van der Waals surface area contributed by atoms with E-state index in [-0.39, 0.29) is 17.8 Å². The van der Waals surface area contributed by atoms with E-state index in [1.165, 1.54) is 38.0 Å². The number of aromatic nitrogens is 4. The van der Waals surface area contributed by atoms with Gasteiger partial charge in [-0.2, -0.15) is 0 Å². The van der Waals surface area contributed by atoms with Crippen LogP contribution in [0.15, 0.2) is 17.4 Å². The predicted molar refractivity (Wildman–Crippen MR) is 89.8 cm³/mol. The molecule has 2 aromatic heterocycles. The Morgan fingerprint density at radius 3 is 2.43 bits per heavy atom. The zero-order valence-electron chi connectivity index (χ0n) is 15.3. The van der Waals surface area contributed by atoms with Gasteiger partial charge in [0.25, 0.3) is 5.56 Å². The average molecular weight is 394 g/mol. The topological polar surface area (TPSA) is 152 Å². The highest BCUT2D eigenvalue weighted by molar-refractivity contribution is 5.70. The molecule has 2 aromatic rings. The number of hydrogen-bond donors (Lipinski definition) is 1. The van der Waals surface area contributed by atoms with E-state index in [1.54, 1.807) is 0 Å². The largest absolute Gasteiger partial charge is 0.463 e. The lowest BCUT2D eigenvalue weighted by Crippen LogP contribution is -2.40. The maximum atomic E-state index is 11.9. The number of carbonyl (C=O) groups excluding carboxylic acids is 3. The summed E-state index contributed by atoms with van der Waals surface area (Å²) in [5.41, 5.74) is -0.223. The van der Waals surface area contributed by atoms with Crippen molar-refractivity contribution in [3.63, 3.8) is 0 Å². The van der Waals surface area contributed by atoms with Gasteiger partial charge in [-0.3, -0.25) is 23.7 Å². The van der Waals surface area contributed by atoms with Gasteiger partial charge in [0.1, 0.15) is 12.7 Å². The van der Waals surface area contributed by atoms with Crippen LogP contribution in [0.4, 0.5) is 0 Å². The number of aromatic amines is 1. The number of H-pyrrole nitrogens is 1. The highest BCUT2D eigenvalue weighted by Crippen LogP contribution is 2.35. The van der Waals surface area contributed by atoms with Crippen LogP contribution in [-0.2, 0) is 33.3 Å². The van der Waals surface area contributed by atoms with E-state index >= 15 is 0 Å². The second kappa shape index (κ2) is 7.76. The van der Waals surface area contributed by atoms with Crippen molar-refractivity contribution in [2.45, 2.75) is 45.3 Å². The predicted octanol–water partition coefficient (Wildman–Crippen LogP) is -0.556.